The first-order valence-electron chi connectivity index (χ1n) is 9.79. The second kappa shape index (κ2) is 8.65. The SMILES string of the molecule is CCCc1nc(N2CCCN(C(=O)C(C)N3CCCCC3)CC2)no1. The average molecular weight is 349 g/mol. The van der Waals surface area contributed by atoms with Gasteiger partial charge in [-0.3, -0.25) is 9.69 Å². The van der Waals surface area contributed by atoms with E-state index in [2.05, 4.69) is 33.8 Å². The number of carbonyl (C=O) groups excluding carboxylic acids is 1. The van der Waals surface area contributed by atoms with Gasteiger partial charge in [0.05, 0.1) is 6.04 Å². The summed E-state index contributed by atoms with van der Waals surface area (Å²) < 4.78 is 5.30. The Labute approximate surface area is 150 Å². The van der Waals surface area contributed by atoms with Gasteiger partial charge < -0.3 is 14.3 Å². The van der Waals surface area contributed by atoms with Gasteiger partial charge >= 0.3 is 0 Å². The molecule has 1 atom stereocenters. The van der Waals surface area contributed by atoms with Crippen LogP contribution >= 0.6 is 0 Å². The third kappa shape index (κ3) is 4.51. The van der Waals surface area contributed by atoms with Crippen LogP contribution in [0, 0.1) is 0 Å². The van der Waals surface area contributed by atoms with Crippen molar-refractivity contribution in [2.24, 2.45) is 0 Å². The standard InChI is InChI=1S/C18H31N5O2/c1-3-8-16-19-18(20-25-16)23-12-7-11-22(13-14-23)17(24)15(2)21-9-5-4-6-10-21/h15H,3-14H2,1-2H3. The van der Waals surface area contributed by atoms with E-state index in [-0.39, 0.29) is 11.9 Å². The van der Waals surface area contributed by atoms with Crippen molar-refractivity contribution < 1.29 is 9.32 Å². The fraction of sp³-hybridized carbons (Fsp3) is 0.833. The summed E-state index contributed by atoms with van der Waals surface area (Å²) in [4.78, 5) is 23.9. The summed E-state index contributed by atoms with van der Waals surface area (Å²) in [7, 11) is 0. The summed E-state index contributed by atoms with van der Waals surface area (Å²) in [6.07, 6.45) is 6.47. The molecule has 1 aromatic rings. The Balaban J connectivity index is 1.55. The third-order valence-electron chi connectivity index (χ3n) is 5.31. The molecule has 0 N–H and O–H groups in total. The van der Waals surface area contributed by atoms with Gasteiger partial charge in [0.15, 0.2) is 0 Å². The topological polar surface area (TPSA) is 65.7 Å². The first-order valence-corrected chi connectivity index (χ1v) is 9.79. The summed E-state index contributed by atoms with van der Waals surface area (Å²) in [5.41, 5.74) is 0. The van der Waals surface area contributed by atoms with E-state index in [1.165, 1.54) is 19.3 Å². The number of likely N-dealkylation sites (tertiary alicyclic amines) is 1. The van der Waals surface area contributed by atoms with Crippen LogP contribution in [0.1, 0.15) is 51.8 Å². The fourth-order valence-corrected chi connectivity index (χ4v) is 3.75. The highest BCUT2D eigenvalue weighted by atomic mass is 16.5. The van der Waals surface area contributed by atoms with Crippen LogP contribution in [0.4, 0.5) is 5.95 Å². The maximum atomic E-state index is 12.9. The predicted molar refractivity (Wildman–Crippen MR) is 96.6 cm³/mol. The molecule has 0 aliphatic carbocycles. The predicted octanol–water partition coefficient (Wildman–Crippen LogP) is 1.94. The minimum absolute atomic E-state index is 0.00631. The first-order chi connectivity index (χ1) is 12.2. The number of carbonyl (C=O) groups is 1. The Morgan fingerprint density at radius 1 is 1.08 bits per heavy atom. The van der Waals surface area contributed by atoms with Crippen molar-refractivity contribution in [2.75, 3.05) is 44.2 Å². The van der Waals surface area contributed by atoms with Gasteiger partial charge in [-0.25, -0.2) is 0 Å². The quantitative estimate of drug-likeness (QED) is 0.809. The van der Waals surface area contributed by atoms with Gasteiger partial charge in [0.25, 0.3) is 5.95 Å². The van der Waals surface area contributed by atoms with E-state index in [9.17, 15) is 4.79 Å². The number of amides is 1. The summed E-state index contributed by atoms with van der Waals surface area (Å²) >= 11 is 0. The van der Waals surface area contributed by atoms with Gasteiger partial charge in [-0.15, -0.1) is 0 Å². The molecule has 1 aromatic heterocycles. The molecule has 2 fully saturated rings. The summed E-state index contributed by atoms with van der Waals surface area (Å²) in [5.74, 6) is 1.64. The van der Waals surface area contributed by atoms with E-state index in [0.717, 1.165) is 58.5 Å². The molecule has 2 saturated heterocycles. The molecular weight excluding hydrogens is 318 g/mol. The van der Waals surface area contributed by atoms with Crippen LogP contribution in [0.15, 0.2) is 4.52 Å². The molecule has 1 amide bonds. The lowest BCUT2D eigenvalue weighted by molar-refractivity contribution is -0.136. The van der Waals surface area contributed by atoms with Crippen molar-refractivity contribution in [2.45, 2.75) is 58.4 Å². The van der Waals surface area contributed by atoms with Crippen LogP contribution in [0.2, 0.25) is 0 Å². The molecule has 7 nitrogen and oxygen atoms in total. The average Bonchev–Trinajstić information content (AvgIpc) is 2.97. The minimum Gasteiger partial charge on any atom is -0.340 e. The number of anilines is 1. The molecule has 0 spiro atoms. The van der Waals surface area contributed by atoms with Gasteiger partial charge in [0.1, 0.15) is 0 Å². The summed E-state index contributed by atoms with van der Waals surface area (Å²) in [6.45, 7) is 9.44. The van der Waals surface area contributed by atoms with Crippen molar-refractivity contribution in [3.05, 3.63) is 5.89 Å². The van der Waals surface area contributed by atoms with Crippen molar-refractivity contribution in [1.82, 2.24) is 19.9 Å². The maximum absolute atomic E-state index is 12.9. The number of nitrogens with zero attached hydrogens (tertiary/aromatic N) is 5. The van der Waals surface area contributed by atoms with Crippen molar-refractivity contribution >= 4 is 11.9 Å². The van der Waals surface area contributed by atoms with E-state index in [1.807, 2.05) is 4.90 Å². The van der Waals surface area contributed by atoms with Gasteiger partial charge in [0.2, 0.25) is 11.8 Å². The molecule has 2 aliphatic heterocycles. The molecule has 7 heteroatoms. The molecule has 0 bridgehead atoms. The zero-order valence-electron chi connectivity index (χ0n) is 15.6. The fourth-order valence-electron chi connectivity index (χ4n) is 3.75. The Bertz CT molecular complexity index is 555. The van der Waals surface area contributed by atoms with Crippen molar-refractivity contribution in [1.29, 1.82) is 0 Å². The van der Waals surface area contributed by atoms with Crippen LogP contribution in [-0.2, 0) is 11.2 Å². The van der Waals surface area contributed by atoms with Gasteiger partial charge in [-0.1, -0.05) is 13.3 Å². The Morgan fingerprint density at radius 2 is 1.88 bits per heavy atom. The van der Waals surface area contributed by atoms with E-state index in [1.54, 1.807) is 0 Å². The van der Waals surface area contributed by atoms with Crippen LogP contribution in [0.25, 0.3) is 0 Å². The number of hydrogen-bond donors (Lipinski definition) is 0. The number of aryl methyl sites for hydroxylation is 1. The van der Waals surface area contributed by atoms with E-state index >= 15 is 0 Å². The van der Waals surface area contributed by atoms with E-state index < -0.39 is 0 Å². The smallest absolute Gasteiger partial charge is 0.266 e. The second-order valence-corrected chi connectivity index (χ2v) is 7.18. The number of piperidine rings is 1. The Hall–Kier alpha value is -1.63. The molecule has 140 valence electrons. The molecule has 0 saturated carbocycles. The number of rotatable bonds is 5. The highest BCUT2D eigenvalue weighted by Gasteiger charge is 2.28. The van der Waals surface area contributed by atoms with Crippen LogP contribution in [-0.4, -0.2) is 71.2 Å². The highest BCUT2D eigenvalue weighted by molar-refractivity contribution is 5.81. The molecule has 1 unspecified atom stereocenters. The van der Waals surface area contributed by atoms with E-state index in [0.29, 0.717) is 11.8 Å². The van der Waals surface area contributed by atoms with Gasteiger partial charge in [-0.05, 0) is 50.9 Å². The minimum atomic E-state index is -0.00631. The molecule has 2 aliphatic rings. The van der Waals surface area contributed by atoms with Crippen LogP contribution in [0.5, 0.6) is 0 Å². The second-order valence-electron chi connectivity index (χ2n) is 7.18. The van der Waals surface area contributed by atoms with Crippen LogP contribution < -0.4 is 4.90 Å². The zero-order chi connectivity index (χ0) is 17.6. The first kappa shape index (κ1) is 18.2. The molecule has 25 heavy (non-hydrogen) atoms. The monoisotopic (exact) mass is 349 g/mol. The molecule has 3 heterocycles. The number of hydrogen-bond acceptors (Lipinski definition) is 6. The Kier molecular flexibility index (Phi) is 6.29. The molecular formula is C18H31N5O2. The summed E-state index contributed by atoms with van der Waals surface area (Å²) in [5, 5.41) is 4.11. The lowest BCUT2D eigenvalue weighted by atomic mass is 10.1. The molecule has 0 aromatic carbocycles. The van der Waals surface area contributed by atoms with Crippen molar-refractivity contribution in [3.8, 4) is 0 Å². The van der Waals surface area contributed by atoms with Gasteiger partial charge in [-0.2, -0.15) is 4.98 Å². The van der Waals surface area contributed by atoms with Crippen molar-refractivity contribution in [3.63, 3.8) is 0 Å². The van der Waals surface area contributed by atoms with Gasteiger partial charge in [0, 0.05) is 32.6 Å². The largest absolute Gasteiger partial charge is 0.340 e. The molecule has 3 rings (SSSR count). The molecule has 0 radical (unpaired) electrons. The maximum Gasteiger partial charge on any atom is 0.266 e. The number of aromatic nitrogens is 2. The highest BCUT2D eigenvalue weighted by Crippen LogP contribution is 2.17. The van der Waals surface area contributed by atoms with Crippen LogP contribution in [0.3, 0.4) is 0 Å². The lowest BCUT2D eigenvalue weighted by Gasteiger charge is -2.34. The van der Waals surface area contributed by atoms with E-state index in [4.69, 9.17) is 4.52 Å². The Morgan fingerprint density at radius 3 is 2.64 bits per heavy atom. The normalized spacial score (nSPS) is 21.2. The third-order valence-corrected chi connectivity index (χ3v) is 5.31. The zero-order valence-corrected chi connectivity index (χ0v) is 15.6. The lowest BCUT2D eigenvalue weighted by Crippen LogP contribution is -2.49. The summed E-state index contributed by atoms with van der Waals surface area (Å²) in [6, 6.07) is -0.00631.